The Balaban J connectivity index is 1.41. The fourth-order valence-corrected chi connectivity index (χ4v) is 7.24. The van der Waals surface area contributed by atoms with Crippen molar-refractivity contribution in [3.05, 3.63) is 35.9 Å². The van der Waals surface area contributed by atoms with Gasteiger partial charge in [-0.2, -0.15) is 0 Å². The number of nitrogens with one attached hydrogen (secondary N) is 4. The minimum Gasteiger partial charge on any atom is -0.453 e. The number of ether oxygens (including phenoxy) is 1. The molecule has 4 N–H and O–H groups in total. The number of aldehydes is 1. The second-order valence-electron chi connectivity index (χ2n) is 13.8. The van der Waals surface area contributed by atoms with Crippen molar-refractivity contribution in [1.82, 2.24) is 21.3 Å². The van der Waals surface area contributed by atoms with Gasteiger partial charge in [-0.3, -0.25) is 9.59 Å². The van der Waals surface area contributed by atoms with Crippen molar-refractivity contribution in [1.29, 1.82) is 0 Å². The first kappa shape index (κ1) is 33.9. The van der Waals surface area contributed by atoms with E-state index in [1.54, 1.807) is 13.8 Å². The van der Waals surface area contributed by atoms with Crippen LogP contribution in [0.2, 0.25) is 0 Å². The van der Waals surface area contributed by atoms with E-state index >= 15 is 0 Å². The molecule has 1 aromatic carbocycles. The molecule has 4 aliphatic rings. The molecule has 1 aromatic rings. The van der Waals surface area contributed by atoms with Gasteiger partial charge >= 0.3 is 13.2 Å². The number of benzene rings is 1. The fraction of sp³-hybridized carbons (Fsp3) is 0.688. The summed E-state index contributed by atoms with van der Waals surface area (Å²) in [5.41, 5.74) is -0.484. The van der Waals surface area contributed by atoms with Gasteiger partial charge in [0.1, 0.15) is 23.9 Å². The average molecular weight is 613 g/mol. The molecular formula is C32H49BN4O7. The maximum absolute atomic E-state index is 13.7. The van der Waals surface area contributed by atoms with Gasteiger partial charge in [0.05, 0.1) is 18.8 Å². The molecule has 242 valence electrons. The van der Waals surface area contributed by atoms with Crippen LogP contribution >= 0.6 is 0 Å². The van der Waals surface area contributed by atoms with Crippen LogP contribution in [0.1, 0.15) is 66.4 Å². The number of methoxy groups -OCH3 is 1. The predicted octanol–water partition coefficient (Wildman–Crippen LogP) is 2.42. The number of carbonyl (C=O) groups excluding carboxylic acids is 4. The first-order chi connectivity index (χ1) is 20.8. The summed E-state index contributed by atoms with van der Waals surface area (Å²) in [4.78, 5) is 51.4. The summed E-state index contributed by atoms with van der Waals surface area (Å²) in [5.74, 6) is -0.212. The molecule has 1 heterocycles. The number of alkyl carbamates (subject to hydrolysis) is 1. The summed E-state index contributed by atoms with van der Waals surface area (Å²) >= 11 is 0. The molecule has 4 fully saturated rings. The molecule has 1 aliphatic heterocycles. The van der Waals surface area contributed by atoms with Crippen LogP contribution in [0.3, 0.4) is 0 Å². The fourth-order valence-electron chi connectivity index (χ4n) is 7.24. The van der Waals surface area contributed by atoms with Crippen molar-refractivity contribution >= 4 is 31.3 Å². The molecule has 3 aliphatic carbocycles. The Kier molecular flexibility index (Phi) is 10.5. The van der Waals surface area contributed by atoms with Crippen molar-refractivity contribution in [3.8, 4) is 0 Å². The Morgan fingerprint density at radius 2 is 1.82 bits per heavy atom. The molecule has 3 saturated carbocycles. The molecule has 0 spiro atoms. The van der Waals surface area contributed by atoms with Crippen molar-refractivity contribution in [3.63, 3.8) is 0 Å². The van der Waals surface area contributed by atoms with Crippen molar-refractivity contribution in [2.45, 2.75) is 96.6 Å². The van der Waals surface area contributed by atoms with E-state index < -0.39 is 42.6 Å². The lowest BCUT2D eigenvalue weighted by atomic mass is 9.43. The van der Waals surface area contributed by atoms with E-state index in [1.807, 2.05) is 37.3 Å². The molecule has 5 rings (SSSR count). The molecule has 0 radical (unpaired) electrons. The molecule has 0 aromatic heterocycles. The van der Waals surface area contributed by atoms with Gasteiger partial charge in [-0.05, 0) is 54.9 Å². The van der Waals surface area contributed by atoms with E-state index in [2.05, 4.69) is 46.8 Å². The van der Waals surface area contributed by atoms with Crippen LogP contribution in [0.4, 0.5) is 4.79 Å². The maximum Gasteiger partial charge on any atom is 0.472 e. The molecule has 3 amide bonds. The highest BCUT2D eigenvalue weighted by Crippen LogP contribution is 2.65. The summed E-state index contributed by atoms with van der Waals surface area (Å²) in [6, 6.07) is 7.35. The van der Waals surface area contributed by atoms with Gasteiger partial charge in [-0.15, -0.1) is 0 Å². The Hall–Kier alpha value is -2.96. The second kappa shape index (κ2) is 13.6. The van der Waals surface area contributed by atoms with Crippen molar-refractivity contribution in [2.24, 2.45) is 23.2 Å². The zero-order valence-electron chi connectivity index (χ0n) is 27.1. The Morgan fingerprint density at radius 3 is 2.41 bits per heavy atom. The minimum absolute atomic E-state index is 0.0541. The topological polar surface area (TPSA) is 144 Å². The lowest BCUT2D eigenvalue weighted by Gasteiger charge is -2.64. The zero-order chi connectivity index (χ0) is 32.3. The highest BCUT2D eigenvalue weighted by molar-refractivity contribution is 6.45. The smallest absolute Gasteiger partial charge is 0.453 e. The van der Waals surface area contributed by atoms with Gasteiger partial charge in [0.2, 0.25) is 11.8 Å². The summed E-state index contributed by atoms with van der Waals surface area (Å²) in [6.45, 7) is 12.3. The van der Waals surface area contributed by atoms with Gasteiger partial charge in [-0.1, -0.05) is 65.0 Å². The van der Waals surface area contributed by atoms with Gasteiger partial charge in [0.25, 0.3) is 0 Å². The molecule has 7 atom stereocenters. The minimum atomic E-state index is -1.22. The van der Waals surface area contributed by atoms with Crippen molar-refractivity contribution in [2.75, 3.05) is 20.1 Å². The Labute approximate surface area is 261 Å². The van der Waals surface area contributed by atoms with E-state index in [0.29, 0.717) is 24.7 Å². The van der Waals surface area contributed by atoms with Gasteiger partial charge in [-0.25, -0.2) is 4.79 Å². The van der Waals surface area contributed by atoms with Gasteiger partial charge in [0.15, 0.2) is 0 Å². The van der Waals surface area contributed by atoms with Crippen LogP contribution < -0.4 is 21.3 Å². The highest BCUT2D eigenvalue weighted by atomic mass is 16.7. The molecule has 7 unspecified atom stereocenters. The molecule has 11 nitrogen and oxygen atoms in total. The summed E-state index contributed by atoms with van der Waals surface area (Å²) in [5, 5.41) is 11.5. The van der Waals surface area contributed by atoms with Crippen LogP contribution in [-0.2, 0) is 34.9 Å². The molecule has 2 bridgehead atoms. The average Bonchev–Trinajstić information content (AvgIpc) is 3.34. The van der Waals surface area contributed by atoms with E-state index in [1.165, 1.54) is 7.11 Å². The van der Waals surface area contributed by atoms with E-state index in [4.69, 9.17) is 9.31 Å². The Bertz CT molecular complexity index is 1200. The van der Waals surface area contributed by atoms with E-state index in [0.717, 1.165) is 24.7 Å². The van der Waals surface area contributed by atoms with Crippen LogP contribution in [0.15, 0.2) is 30.3 Å². The predicted molar refractivity (Wildman–Crippen MR) is 166 cm³/mol. The van der Waals surface area contributed by atoms with Crippen LogP contribution in [0, 0.1) is 23.2 Å². The van der Waals surface area contributed by atoms with Gasteiger partial charge in [0, 0.05) is 19.4 Å². The maximum atomic E-state index is 13.7. The van der Waals surface area contributed by atoms with Crippen LogP contribution in [0.25, 0.3) is 0 Å². The Morgan fingerprint density at radius 1 is 1.11 bits per heavy atom. The summed E-state index contributed by atoms with van der Waals surface area (Å²) < 4.78 is 17.5. The lowest BCUT2D eigenvalue weighted by Crippen LogP contribution is -2.65. The first-order valence-corrected chi connectivity index (χ1v) is 15.8. The number of hydrogen-bond donors (Lipinski definition) is 4. The van der Waals surface area contributed by atoms with E-state index in [-0.39, 0.29) is 36.0 Å². The number of carbonyl (C=O) groups is 4. The third-order valence-electron chi connectivity index (χ3n) is 10.3. The molecule has 44 heavy (non-hydrogen) atoms. The third-order valence-corrected chi connectivity index (χ3v) is 10.3. The van der Waals surface area contributed by atoms with Crippen molar-refractivity contribution < 1.29 is 33.2 Å². The molecule has 12 heteroatoms. The monoisotopic (exact) mass is 612 g/mol. The number of rotatable bonds is 14. The standard InChI is InChI=1S/C32H49BN4O7/c1-8-32(18-38,17-34-19-33-43-25-16-22-15-24(30(22,4)5)31(25,6)44-33)37-27(39)23(14-21-12-10-9-11-13-21)35-28(40)26(20(2)3)36-29(41)42-7/h9-13,18,20,22-26,34H,8,14-17,19H2,1-7H3,(H,35,40)(H,36,41)(H,37,39). The van der Waals surface area contributed by atoms with Gasteiger partial charge < -0.3 is 40.1 Å². The summed E-state index contributed by atoms with van der Waals surface area (Å²) in [7, 11) is 0.771. The summed E-state index contributed by atoms with van der Waals surface area (Å²) in [6.07, 6.45) is 3.08. The molecule has 1 saturated heterocycles. The normalized spacial score (nSPS) is 27.6. The third kappa shape index (κ3) is 6.97. The molecular weight excluding hydrogens is 563 g/mol. The zero-order valence-corrected chi connectivity index (χ0v) is 27.1. The quantitative estimate of drug-likeness (QED) is 0.185. The largest absolute Gasteiger partial charge is 0.472 e. The second-order valence-corrected chi connectivity index (χ2v) is 13.8. The number of hydrogen-bond acceptors (Lipinski definition) is 8. The van der Waals surface area contributed by atoms with Crippen LogP contribution in [0.5, 0.6) is 0 Å². The SMILES string of the molecule is CCC(C=O)(CNCB1OC2CC3CC(C3(C)C)C2(C)O1)NC(=O)C(Cc1ccccc1)NC(=O)C(NC(=O)OC)C(C)C. The van der Waals surface area contributed by atoms with E-state index in [9.17, 15) is 19.2 Å². The van der Waals surface area contributed by atoms with Crippen LogP contribution in [-0.4, -0.2) is 80.7 Å². The lowest BCUT2D eigenvalue weighted by molar-refractivity contribution is -0.199. The first-order valence-electron chi connectivity index (χ1n) is 15.8. The number of amides is 3. The highest BCUT2D eigenvalue weighted by Gasteiger charge is 2.67.